The average Bonchev–Trinajstić information content (AvgIpc) is 2.51. The molecule has 0 saturated carbocycles. The number of hydrogen-bond acceptors (Lipinski definition) is 4. The molecule has 1 aromatic carbocycles. The number of methoxy groups -OCH3 is 1. The zero-order chi connectivity index (χ0) is 17.2. The van der Waals surface area contributed by atoms with Crippen molar-refractivity contribution in [2.75, 3.05) is 33.5 Å². The van der Waals surface area contributed by atoms with Gasteiger partial charge in [0.15, 0.2) is 11.6 Å². The summed E-state index contributed by atoms with van der Waals surface area (Å²) >= 11 is 0. The Morgan fingerprint density at radius 2 is 1.96 bits per heavy atom. The summed E-state index contributed by atoms with van der Waals surface area (Å²) in [7, 11) is 1.49. The van der Waals surface area contributed by atoms with Gasteiger partial charge in [0.25, 0.3) is 0 Å². The first kappa shape index (κ1) is 19.0. The first-order chi connectivity index (χ1) is 10.9. The molecule has 0 aliphatic heterocycles. The van der Waals surface area contributed by atoms with Crippen LogP contribution in [0.4, 0.5) is 8.78 Å². The highest BCUT2D eigenvalue weighted by Crippen LogP contribution is 2.11. The average molecular weight is 331 g/mol. The lowest BCUT2D eigenvalue weighted by Gasteiger charge is -2.22. The molecule has 0 aliphatic carbocycles. The van der Waals surface area contributed by atoms with Crippen LogP contribution >= 0.6 is 0 Å². The van der Waals surface area contributed by atoms with Crippen molar-refractivity contribution in [2.45, 2.75) is 13.0 Å². The third-order valence-electron chi connectivity index (χ3n) is 2.96. The van der Waals surface area contributed by atoms with Gasteiger partial charge >= 0.3 is 5.97 Å². The van der Waals surface area contributed by atoms with Gasteiger partial charge in [-0.25, -0.2) is 8.78 Å². The summed E-state index contributed by atoms with van der Waals surface area (Å²) < 4.78 is 36.0. The van der Waals surface area contributed by atoms with Crippen LogP contribution in [0.2, 0.25) is 0 Å². The molecule has 1 amide bonds. The summed E-state index contributed by atoms with van der Waals surface area (Å²) in [6, 6.07) is 3.27. The van der Waals surface area contributed by atoms with Crippen LogP contribution < -0.4 is 0 Å². The second-order valence-corrected chi connectivity index (χ2v) is 4.75. The van der Waals surface area contributed by atoms with E-state index in [1.165, 1.54) is 18.1 Å². The Hall–Kier alpha value is -2.06. The zero-order valence-corrected chi connectivity index (χ0v) is 12.8. The van der Waals surface area contributed by atoms with Crippen LogP contribution in [-0.4, -0.2) is 55.4 Å². The molecule has 0 fully saturated rings. The highest BCUT2D eigenvalue weighted by molar-refractivity contribution is 5.78. The SMILES string of the molecule is COCCOCC(=O)N(CCC(=O)O)Cc1ccc(F)c(F)c1. The molecule has 0 radical (unpaired) electrons. The van der Waals surface area contributed by atoms with Crippen molar-refractivity contribution in [2.24, 2.45) is 0 Å². The topological polar surface area (TPSA) is 76.1 Å². The predicted octanol–water partition coefficient (Wildman–Crippen LogP) is 1.43. The van der Waals surface area contributed by atoms with Gasteiger partial charge in [-0.1, -0.05) is 6.07 Å². The Bertz CT molecular complexity index is 539. The van der Waals surface area contributed by atoms with Gasteiger partial charge in [-0.2, -0.15) is 0 Å². The highest BCUT2D eigenvalue weighted by atomic mass is 19.2. The molecule has 0 bridgehead atoms. The number of amides is 1. The first-order valence-electron chi connectivity index (χ1n) is 6.94. The monoisotopic (exact) mass is 331 g/mol. The fraction of sp³-hybridized carbons (Fsp3) is 0.467. The minimum atomic E-state index is -1.06. The van der Waals surface area contributed by atoms with Crippen molar-refractivity contribution in [3.63, 3.8) is 0 Å². The van der Waals surface area contributed by atoms with Crippen LogP contribution in [-0.2, 0) is 25.6 Å². The number of carboxylic acids is 1. The molecule has 0 atom stereocenters. The lowest BCUT2D eigenvalue weighted by atomic mass is 10.2. The molecule has 1 aromatic rings. The summed E-state index contributed by atoms with van der Waals surface area (Å²) in [6.07, 6.45) is -0.256. The van der Waals surface area contributed by atoms with Gasteiger partial charge in [0.05, 0.1) is 19.6 Å². The summed E-state index contributed by atoms with van der Waals surface area (Å²) in [5.74, 6) is -3.51. The van der Waals surface area contributed by atoms with Gasteiger partial charge in [-0.15, -0.1) is 0 Å². The first-order valence-corrected chi connectivity index (χ1v) is 6.94. The van der Waals surface area contributed by atoms with Crippen LogP contribution in [0.3, 0.4) is 0 Å². The van der Waals surface area contributed by atoms with E-state index < -0.39 is 23.5 Å². The molecule has 0 saturated heterocycles. The lowest BCUT2D eigenvalue weighted by Crippen LogP contribution is -2.35. The molecule has 23 heavy (non-hydrogen) atoms. The second kappa shape index (κ2) is 9.86. The van der Waals surface area contributed by atoms with Gasteiger partial charge in [0.2, 0.25) is 5.91 Å². The van der Waals surface area contributed by atoms with Crippen LogP contribution in [0.25, 0.3) is 0 Å². The fourth-order valence-electron chi connectivity index (χ4n) is 1.77. The van der Waals surface area contributed by atoms with E-state index in [0.29, 0.717) is 12.2 Å². The van der Waals surface area contributed by atoms with E-state index in [1.807, 2.05) is 0 Å². The molecule has 0 aromatic heterocycles. The third-order valence-corrected chi connectivity index (χ3v) is 2.96. The molecule has 1 N–H and O–H groups in total. The van der Waals surface area contributed by atoms with E-state index in [0.717, 1.165) is 12.1 Å². The number of aliphatic carboxylic acids is 1. The molecule has 0 spiro atoms. The van der Waals surface area contributed by atoms with Crippen molar-refractivity contribution < 1.29 is 33.0 Å². The van der Waals surface area contributed by atoms with E-state index in [-0.39, 0.29) is 32.7 Å². The lowest BCUT2D eigenvalue weighted by molar-refractivity contribution is -0.140. The quantitative estimate of drug-likeness (QED) is 0.657. The number of carboxylic acid groups (broad SMARTS) is 1. The highest BCUT2D eigenvalue weighted by Gasteiger charge is 2.16. The number of hydrogen-bond donors (Lipinski definition) is 1. The molecule has 0 aliphatic rings. The van der Waals surface area contributed by atoms with Crippen molar-refractivity contribution in [3.8, 4) is 0 Å². The number of halogens is 2. The summed E-state index contributed by atoms with van der Waals surface area (Å²) in [4.78, 5) is 24.0. The van der Waals surface area contributed by atoms with Crippen LogP contribution in [0, 0.1) is 11.6 Å². The Morgan fingerprint density at radius 3 is 2.57 bits per heavy atom. The van der Waals surface area contributed by atoms with Crippen LogP contribution in [0.15, 0.2) is 18.2 Å². The minimum Gasteiger partial charge on any atom is -0.481 e. The standard InChI is InChI=1S/C15H19F2NO5/c1-22-6-7-23-10-14(19)18(5-4-15(20)21)9-11-2-3-12(16)13(17)8-11/h2-3,8H,4-7,9-10H2,1H3,(H,20,21). The third kappa shape index (κ3) is 7.16. The second-order valence-electron chi connectivity index (χ2n) is 4.75. The van der Waals surface area contributed by atoms with Crippen LogP contribution in [0.5, 0.6) is 0 Å². The largest absolute Gasteiger partial charge is 0.481 e. The molecule has 128 valence electrons. The number of ether oxygens (including phenoxy) is 2. The molecular formula is C15H19F2NO5. The Kier molecular flexibility index (Phi) is 8.14. The van der Waals surface area contributed by atoms with E-state index >= 15 is 0 Å². The smallest absolute Gasteiger partial charge is 0.305 e. The predicted molar refractivity (Wildman–Crippen MR) is 76.7 cm³/mol. The van der Waals surface area contributed by atoms with Crippen molar-refractivity contribution in [3.05, 3.63) is 35.4 Å². The number of nitrogens with zero attached hydrogens (tertiary/aromatic N) is 1. The maximum absolute atomic E-state index is 13.2. The Balaban J connectivity index is 2.68. The zero-order valence-electron chi connectivity index (χ0n) is 12.8. The van der Waals surface area contributed by atoms with Crippen LogP contribution in [0.1, 0.15) is 12.0 Å². The summed E-state index contributed by atoms with van der Waals surface area (Å²) in [6.45, 7) is 0.218. The molecule has 1 rings (SSSR count). The van der Waals surface area contributed by atoms with E-state index in [1.54, 1.807) is 0 Å². The van der Waals surface area contributed by atoms with Gasteiger partial charge in [0.1, 0.15) is 6.61 Å². The van der Waals surface area contributed by atoms with Gasteiger partial charge < -0.3 is 19.5 Å². The van der Waals surface area contributed by atoms with Crippen molar-refractivity contribution >= 4 is 11.9 Å². The van der Waals surface area contributed by atoms with Crippen molar-refractivity contribution in [1.82, 2.24) is 4.90 Å². The van der Waals surface area contributed by atoms with E-state index in [2.05, 4.69) is 0 Å². The molecular weight excluding hydrogens is 312 g/mol. The summed E-state index contributed by atoms with van der Waals surface area (Å²) in [5.41, 5.74) is 0.361. The fourth-order valence-corrected chi connectivity index (χ4v) is 1.77. The number of rotatable bonds is 10. The van der Waals surface area contributed by atoms with E-state index in [9.17, 15) is 18.4 Å². The Morgan fingerprint density at radius 1 is 1.22 bits per heavy atom. The normalized spacial score (nSPS) is 10.6. The van der Waals surface area contributed by atoms with E-state index in [4.69, 9.17) is 14.6 Å². The summed E-state index contributed by atoms with van der Waals surface area (Å²) in [5, 5.41) is 8.74. The Labute approximate surface area is 132 Å². The van der Waals surface area contributed by atoms with Crippen molar-refractivity contribution in [1.29, 1.82) is 0 Å². The molecule has 6 nitrogen and oxygen atoms in total. The van der Waals surface area contributed by atoms with Gasteiger partial charge in [-0.05, 0) is 17.7 Å². The van der Waals surface area contributed by atoms with Gasteiger partial charge in [0, 0.05) is 20.2 Å². The molecule has 0 heterocycles. The maximum Gasteiger partial charge on any atom is 0.305 e. The maximum atomic E-state index is 13.2. The number of carbonyl (C=O) groups is 2. The minimum absolute atomic E-state index is 0.0308. The molecule has 0 unspecified atom stereocenters. The number of carbonyl (C=O) groups excluding carboxylic acids is 1. The number of benzene rings is 1. The molecule has 8 heteroatoms. The van der Waals surface area contributed by atoms with Gasteiger partial charge in [-0.3, -0.25) is 9.59 Å².